The van der Waals surface area contributed by atoms with Crippen LogP contribution in [-0.2, 0) is 12.8 Å². The van der Waals surface area contributed by atoms with Crippen molar-refractivity contribution in [2.45, 2.75) is 19.3 Å². The predicted octanol–water partition coefficient (Wildman–Crippen LogP) is 3.78. The summed E-state index contributed by atoms with van der Waals surface area (Å²) in [5.74, 6) is -0.142. The molecule has 21 heavy (non-hydrogen) atoms. The highest BCUT2D eigenvalue weighted by molar-refractivity contribution is 7.80. The first-order valence-electron chi connectivity index (χ1n) is 6.57. The summed E-state index contributed by atoms with van der Waals surface area (Å²) in [5, 5.41) is 3.30. The molecule has 6 heteroatoms. The van der Waals surface area contributed by atoms with Crippen LogP contribution in [0.2, 0.25) is 5.02 Å². The van der Waals surface area contributed by atoms with Crippen molar-refractivity contribution in [1.29, 1.82) is 0 Å². The van der Waals surface area contributed by atoms with Crippen molar-refractivity contribution in [3.8, 4) is 0 Å². The van der Waals surface area contributed by atoms with Crippen LogP contribution < -0.4 is 11.1 Å². The van der Waals surface area contributed by atoms with Crippen LogP contribution in [0, 0.1) is 0 Å². The lowest BCUT2D eigenvalue weighted by molar-refractivity contribution is 0.103. The number of amides is 1. The van der Waals surface area contributed by atoms with E-state index < -0.39 is 0 Å². The first kappa shape index (κ1) is 14.5. The maximum absolute atomic E-state index is 12.3. The molecule has 0 saturated carbocycles. The van der Waals surface area contributed by atoms with Crippen molar-refractivity contribution in [2.24, 2.45) is 5.73 Å². The number of nitrogens with one attached hydrogen (secondary N) is 1. The van der Waals surface area contributed by atoms with Crippen LogP contribution in [0.4, 0.5) is 5.69 Å². The number of thiocarbonyl (C=S) groups is 1. The Hall–Kier alpha value is -1.43. The number of aryl methyl sites for hydroxylation is 2. The summed E-state index contributed by atoms with van der Waals surface area (Å²) >= 11 is 12.6. The maximum atomic E-state index is 12.3. The van der Waals surface area contributed by atoms with Crippen molar-refractivity contribution in [1.82, 2.24) is 0 Å². The second kappa shape index (κ2) is 5.75. The Morgan fingerprint density at radius 1 is 1.33 bits per heavy atom. The average Bonchev–Trinajstić information content (AvgIpc) is 3.01. The van der Waals surface area contributed by atoms with Gasteiger partial charge in [0, 0.05) is 10.4 Å². The zero-order valence-electron chi connectivity index (χ0n) is 11.1. The fourth-order valence-corrected chi connectivity index (χ4v) is 3.84. The second-order valence-electron chi connectivity index (χ2n) is 4.93. The predicted molar refractivity (Wildman–Crippen MR) is 91.6 cm³/mol. The molecule has 2 aromatic rings. The van der Waals surface area contributed by atoms with Gasteiger partial charge in [-0.05, 0) is 43.0 Å². The van der Waals surface area contributed by atoms with E-state index in [1.54, 1.807) is 29.5 Å². The molecule has 0 saturated heterocycles. The highest BCUT2D eigenvalue weighted by Crippen LogP contribution is 2.31. The average molecular weight is 337 g/mol. The van der Waals surface area contributed by atoms with Crippen LogP contribution in [0.25, 0.3) is 0 Å². The molecule has 0 spiro atoms. The van der Waals surface area contributed by atoms with E-state index in [1.807, 2.05) is 6.07 Å². The molecule has 3 N–H and O–H groups in total. The summed E-state index contributed by atoms with van der Waals surface area (Å²) in [6.07, 6.45) is 3.33. The molecule has 0 atom stereocenters. The quantitative estimate of drug-likeness (QED) is 0.839. The summed E-state index contributed by atoms with van der Waals surface area (Å²) in [5.41, 5.74) is 8.11. The summed E-state index contributed by atoms with van der Waals surface area (Å²) < 4.78 is 0. The number of thiophene rings is 1. The zero-order valence-corrected chi connectivity index (χ0v) is 13.5. The minimum atomic E-state index is -0.142. The Morgan fingerprint density at radius 2 is 2.14 bits per heavy atom. The Bertz CT molecular complexity index is 718. The van der Waals surface area contributed by atoms with Crippen LogP contribution >= 0.6 is 35.2 Å². The maximum Gasteiger partial charge on any atom is 0.265 e. The Kier molecular flexibility index (Phi) is 3.97. The van der Waals surface area contributed by atoms with Crippen molar-refractivity contribution >= 4 is 51.7 Å². The van der Waals surface area contributed by atoms with Gasteiger partial charge in [0.25, 0.3) is 5.91 Å². The number of fused-ring (bicyclic) bond motifs is 1. The molecule has 1 heterocycles. The molecule has 0 bridgehead atoms. The number of hydrogen-bond donors (Lipinski definition) is 2. The number of carbonyl (C=O) groups is 1. The van der Waals surface area contributed by atoms with Gasteiger partial charge in [-0.2, -0.15) is 0 Å². The largest absolute Gasteiger partial charge is 0.389 e. The highest BCUT2D eigenvalue weighted by atomic mass is 35.5. The van der Waals surface area contributed by atoms with Crippen molar-refractivity contribution in [3.05, 3.63) is 50.2 Å². The molecule has 1 aliphatic carbocycles. The van der Waals surface area contributed by atoms with Gasteiger partial charge in [0.15, 0.2) is 0 Å². The standard InChI is InChI=1S/C15H13ClN2OS2/c16-10-5-4-9(14(17)20)6-11(10)18-15(19)13-7-8-2-1-3-12(8)21-13/h4-7H,1-3H2,(H2,17,20)(H,18,19). The lowest BCUT2D eigenvalue weighted by Gasteiger charge is -2.08. The number of carbonyl (C=O) groups excluding carboxylic acids is 1. The summed E-state index contributed by atoms with van der Waals surface area (Å²) in [7, 11) is 0. The van der Waals surface area contributed by atoms with Gasteiger partial charge in [-0.25, -0.2) is 0 Å². The number of anilines is 1. The van der Waals surface area contributed by atoms with Gasteiger partial charge in [0.1, 0.15) is 4.99 Å². The molecule has 1 aromatic heterocycles. The van der Waals surface area contributed by atoms with Crippen LogP contribution in [0.3, 0.4) is 0 Å². The number of benzene rings is 1. The van der Waals surface area contributed by atoms with Crippen molar-refractivity contribution in [3.63, 3.8) is 0 Å². The number of hydrogen-bond acceptors (Lipinski definition) is 3. The first-order chi connectivity index (χ1) is 10.0. The third-order valence-electron chi connectivity index (χ3n) is 3.47. The molecular formula is C15H13ClN2OS2. The fraction of sp³-hybridized carbons (Fsp3) is 0.200. The van der Waals surface area contributed by atoms with E-state index in [2.05, 4.69) is 5.32 Å². The molecule has 0 fully saturated rings. The Balaban J connectivity index is 1.83. The summed E-state index contributed by atoms with van der Waals surface area (Å²) in [6, 6.07) is 7.09. The fourth-order valence-electron chi connectivity index (χ4n) is 2.40. The summed E-state index contributed by atoms with van der Waals surface area (Å²) in [6.45, 7) is 0. The third-order valence-corrected chi connectivity index (χ3v) is 5.27. The van der Waals surface area contributed by atoms with E-state index in [0.717, 1.165) is 17.7 Å². The van der Waals surface area contributed by atoms with E-state index in [0.29, 0.717) is 16.3 Å². The lowest BCUT2D eigenvalue weighted by Crippen LogP contribution is -2.13. The van der Waals surface area contributed by atoms with E-state index in [1.165, 1.54) is 16.9 Å². The van der Waals surface area contributed by atoms with Gasteiger partial charge in [0.2, 0.25) is 0 Å². The summed E-state index contributed by atoms with van der Waals surface area (Å²) in [4.78, 5) is 14.6. The molecule has 3 nitrogen and oxygen atoms in total. The minimum absolute atomic E-state index is 0.142. The monoisotopic (exact) mass is 336 g/mol. The van der Waals surface area contributed by atoms with Crippen LogP contribution in [-0.4, -0.2) is 10.9 Å². The number of rotatable bonds is 3. The molecule has 0 aliphatic heterocycles. The van der Waals surface area contributed by atoms with E-state index in [9.17, 15) is 4.79 Å². The highest BCUT2D eigenvalue weighted by Gasteiger charge is 2.19. The molecule has 3 rings (SSSR count). The first-order valence-corrected chi connectivity index (χ1v) is 8.17. The van der Waals surface area contributed by atoms with Crippen molar-refractivity contribution < 1.29 is 4.79 Å². The number of nitrogens with two attached hydrogens (primary N) is 1. The van der Waals surface area contributed by atoms with Crippen LogP contribution in [0.5, 0.6) is 0 Å². The normalized spacial score (nSPS) is 13.0. The van der Waals surface area contributed by atoms with Gasteiger partial charge in [-0.15, -0.1) is 11.3 Å². The Morgan fingerprint density at radius 3 is 2.86 bits per heavy atom. The smallest absolute Gasteiger partial charge is 0.265 e. The molecule has 1 amide bonds. The van der Waals surface area contributed by atoms with Gasteiger partial charge < -0.3 is 11.1 Å². The minimum Gasteiger partial charge on any atom is -0.389 e. The van der Waals surface area contributed by atoms with Gasteiger partial charge in [-0.3, -0.25) is 4.79 Å². The molecule has 1 aromatic carbocycles. The SMILES string of the molecule is NC(=S)c1ccc(Cl)c(NC(=O)c2cc3c(s2)CCC3)c1. The van der Waals surface area contributed by atoms with E-state index in [4.69, 9.17) is 29.6 Å². The van der Waals surface area contributed by atoms with E-state index in [-0.39, 0.29) is 10.9 Å². The molecular weight excluding hydrogens is 324 g/mol. The molecule has 0 unspecified atom stereocenters. The van der Waals surface area contributed by atoms with Gasteiger partial charge >= 0.3 is 0 Å². The molecule has 108 valence electrons. The van der Waals surface area contributed by atoms with Crippen LogP contribution in [0.1, 0.15) is 32.1 Å². The van der Waals surface area contributed by atoms with Crippen LogP contribution in [0.15, 0.2) is 24.3 Å². The molecule has 0 radical (unpaired) electrons. The van der Waals surface area contributed by atoms with Crippen molar-refractivity contribution in [2.75, 3.05) is 5.32 Å². The lowest BCUT2D eigenvalue weighted by atomic mass is 10.2. The number of halogens is 1. The van der Waals surface area contributed by atoms with Gasteiger partial charge in [-0.1, -0.05) is 29.9 Å². The molecule has 1 aliphatic rings. The third kappa shape index (κ3) is 2.95. The van der Waals surface area contributed by atoms with Gasteiger partial charge in [0.05, 0.1) is 15.6 Å². The topological polar surface area (TPSA) is 55.1 Å². The zero-order chi connectivity index (χ0) is 15.0. The van der Waals surface area contributed by atoms with E-state index >= 15 is 0 Å². The second-order valence-corrected chi connectivity index (χ2v) is 6.91. The Labute approximate surface area is 137 Å².